The van der Waals surface area contributed by atoms with Crippen molar-refractivity contribution in [3.8, 4) is 11.5 Å². The minimum atomic E-state index is -0.560. The zero-order valence-electron chi connectivity index (χ0n) is 13.8. The van der Waals surface area contributed by atoms with Crippen LogP contribution in [0.3, 0.4) is 0 Å². The van der Waals surface area contributed by atoms with Gasteiger partial charge in [0.25, 0.3) is 0 Å². The number of amides is 1. The van der Waals surface area contributed by atoms with Gasteiger partial charge in [-0.2, -0.15) is 0 Å². The fourth-order valence-corrected chi connectivity index (χ4v) is 2.34. The van der Waals surface area contributed by atoms with Gasteiger partial charge in [-0.05, 0) is 44.0 Å². The summed E-state index contributed by atoms with van der Waals surface area (Å²) in [6.45, 7) is 6.18. The molecular weight excluding hydrogens is 298 g/mol. The second-order valence-electron chi connectivity index (χ2n) is 6.32. The predicted octanol–water partition coefficient (Wildman–Crippen LogP) is 2.85. The molecule has 0 aliphatic carbocycles. The van der Waals surface area contributed by atoms with Crippen LogP contribution in [-0.2, 0) is 4.74 Å². The van der Waals surface area contributed by atoms with Crippen LogP contribution in [0.4, 0.5) is 4.79 Å². The van der Waals surface area contributed by atoms with Crippen LogP contribution >= 0.6 is 0 Å². The number of rotatable bonds is 3. The largest absolute Gasteiger partial charge is 0.504 e. The number of methoxy groups -OCH3 is 1. The zero-order valence-corrected chi connectivity index (χ0v) is 13.8. The van der Waals surface area contributed by atoms with Gasteiger partial charge in [-0.15, -0.1) is 0 Å². The molecule has 23 heavy (non-hydrogen) atoms. The van der Waals surface area contributed by atoms with Gasteiger partial charge in [-0.1, -0.05) is 6.08 Å². The van der Waals surface area contributed by atoms with E-state index in [0.717, 1.165) is 5.57 Å². The maximum atomic E-state index is 12.1. The number of phenolic OH excluding ortho intramolecular Hbond substituents is 1. The van der Waals surface area contributed by atoms with Gasteiger partial charge in [-0.25, -0.2) is 4.79 Å². The fourth-order valence-electron chi connectivity index (χ4n) is 2.34. The fraction of sp³-hybridized carbons (Fsp3) is 0.412. The lowest BCUT2D eigenvalue weighted by molar-refractivity contribution is 0.0306. The van der Waals surface area contributed by atoms with Crippen LogP contribution in [0, 0.1) is 0 Å². The molecule has 6 heteroatoms. The van der Waals surface area contributed by atoms with Crippen molar-refractivity contribution in [2.75, 3.05) is 20.2 Å². The number of carbonyl (C=O) groups excluding carboxylic acids is 2. The van der Waals surface area contributed by atoms with Crippen molar-refractivity contribution < 1.29 is 24.2 Å². The summed E-state index contributed by atoms with van der Waals surface area (Å²) >= 11 is 0. The summed E-state index contributed by atoms with van der Waals surface area (Å²) in [6.07, 6.45) is 2.14. The molecule has 1 aliphatic heterocycles. The summed E-state index contributed by atoms with van der Waals surface area (Å²) in [5.41, 5.74) is 1.24. The topological polar surface area (TPSA) is 76.1 Å². The molecule has 6 nitrogen and oxygen atoms in total. The van der Waals surface area contributed by atoms with E-state index in [1.165, 1.54) is 13.2 Å². The van der Waals surface area contributed by atoms with E-state index in [0.29, 0.717) is 30.5 Å². The Morgan fingerprint density at radius 1 is 1.35 bits per heavy atom. The van der Waals surface area contributed by atoms with Gasteiger partial charge in [0.2, 0.25) is 0 Å². The van der Waals surface area contributed by atoms with E-state index in [2.05, 4.69) is 0 Å². The molecule has 1 aromatic carbocycles. The maximum Gasteiger partial charge on any atom is 0.410 e. The number of hydrogen-bond acceptors (Lipinski definition) is 5. The molecule has 1 aliphatic rings. The lowest BCUT2D eigenvalue weighted by Crippen LogP contribution is -2.35. The van der Waals surface area contributed by atoms with Gasteiger partial charge in [0, 0.05) is 18.7 Å². The highest BCUT2D eigenvalue weighted by Gasteiger charge is 2.27. The number of nitrogens with zero attached hydrogens (tertiary/aromatic N) is 1. The third-order valence-corrected chi connectivity index (χ3v) is 3.39. The average Bonchev–Trinajstić information content (AvgIpc) is 2.94. The van der Waals surface area contributed by atoms with Crippen LogP contribution in [0.5, 0.6) is 11.5 Å². The van der Waals surface area contributed by atoms with Crippen molar-refractivity contribution in [1.82, 2.24) is 4.90 Å². The molecule has 0 atom stereocenters. The smallest absolute Gasteiger partial charge is 0.410 e. The molecule has 0 aromatic heterocycles. The Morgan fingerprint density at radius 2 is 2.04 bits per heavy atom. The van der Waals surface area contributed by atoms with Crippen molar-refractivity contribution >= 4 is 18.0 Å². The second-order valence-corrected chi connectivity index (χ2v) is 6.32. The monoisotopic (exact) mass is 319 g/mol. The molecule has 1 heterocycles. The van der Waals surface area contributed by atoms with Gasteiger partial charge in [0.05, 0.1) is 7.11 Å². The van der Waals surface area contributed by atoms with Gasteiger partial charge < -0.3 is 19.5 Å². The molecule has 0 radical (unpaired) electrons. The Kier molecular flexibility index (Phi) is 4.63. The Balaban J connectivity index is 2.22. The Bertz CT molecular complexity index is 658. The number of phenols is 1. The van der Waals surface area contributed by atoms with Gasteiger partial charge in [0.1, 0.15) is 5.60 Å². The van der Waals surface area contributed by atoms with E-state index < -0.39 is 11.7 Å². The number of carbonyl (C=O) groups is 2. The number of benzene rings is 1. The first-order valence-electron chi connectivity index (χ1n) is 7.28. The third kappa shape index (κ3) is 3.83. The number of hydrogen-bond donors (Lipinski definition) is 1. The Hall–Kier alpha value is -2.50. The van der Waals surface area contributed by atoms with Crippen molar-refractivity contribution in [1.29, 1.82) is 0 Å². The summed E-state index contributed by atoms with van der Waals surface area (Å²) in [5.74, 6) is 0.183. The Morgan fingerprint density at radius 3 is 2.61 bits per heavy atom. The van der Waals surface area contributed by atoms with Crippen molar-refractivity contribution in [2.24, 2.45) is 0 Å². The molecule has 0 unspecified atom stereocenters. The first-order chi connectivity index (χ1) is 10.7. The lowest BCUT2D eigenvalue weighted by Gasteiger charge is -2.24. The van der Waals surface area contributed by atoms with Gasteiger partial charge in [0.15, 0.2) is 17.8 Å². The zero-order chi connectivity index (χ0) is 17.2. The minimum absolute atomic E-state index is 0.0963. The first kappa shape index (κ1) is 16.9. The number of ether oxygens (including phenoxy) is 2. The van der Waals surface area contributed by atoms with Crippen LogP contribution < -0.4 is 4.74 Å². The predicted molar refractivity (Wildman–Crippen MR) is 85.8 cm³/mol. The highest BCUT2D eigenvalue weighted by atomic mass is 16.6. The van der Waals surface area contributed by atoms with E-state index >= 15 is 0 Å². The van der Waals surface area contributed by atoms with E-state index in [4.69, 9.17) is 9.47 Å². The van der Waals surface area contributed by atoms with E-state index in [1.807, 2.05) is 26.8 Å². The number of aromatic hydroxyl groups is 1. The summed E-state index contributed by atoms with van der Waals surface area (Å²) < 4.78 is 10.4. The molecule has 0 spiro atoms. The van der Waals surface area contributed by atoms with Crippen LogP contribution in [0.1, 0.15) is 36.7 Å². The standard InChI is InChI=1S/C17H21NO5/c1-17(2,3)23-16(21)18-6-5-11(9-18)13-8-15(22-4)14(20)7-12(13)10-19/h5,7-8,10,20H,6,9H2,1-4H3. The SMILES string of the molecule is COc1cc(C2=CCN(C(=O)OC(C)(C)C)C2)c(C=O)cc1O. The highest BCUT2D eigenvalue weighted by Crippen LogP contribution is 2.34. The molecule has 0 bridgehead atoms. The quantitative estimate of drug-likeness (QED) is 0.867. The Labute approximate surface area is 135 Å². The molecule has 2 rings (SSSR count). The van der Waals surface area contributed by atoms with Crippen LogP contribution in [0.25, 0.3) is 5.57 Å². The summed E-state index contributed by atoms with van der Waals surface area (Å²) in [6, 6.07) is 2.96. The summed E-state index contributed by atoms with van der Waals surface area (Å²) in [4.78, 5) is 24.9. The van der Waals surface area contributed by atoms with Crippen LogP contribution in [-0.4, -0.2) is 48.2 Å². The van der Waals surface area contributed by atoms with Crippen LogP contribution in [0.2, 0.25) is 0 Å². The molecular formula is C17H21NO5. The second kappa shape index (κ2) is 6.32. The van der Waals surface area contributed by atoms with Crippen LogP contribution in [0.15, 0.2) is 18.2 Å². The summed E-state index contributed by atoms with van der Waals surface area (Å²) in [7, 11) is 1.44. The molecule has 124 valence electrons. The first-order valence-corrected chi connectivity index (χ1v) is 7.28. The molecule has 0 fully saturated rings. The molecule has 1 N–H and O–H groups in total. The summed E-state index contributed by atoms with van der Waals surface area (Å²) in [5, 5.41) is 9.77. The number of aldehydes is 1. The lowest BCUT2D eigenvalue weighted by atomic mass is 10.00. The van der Waals surface area contributed by atoms with Crippen molar-refractivity contribution in [3.05, 3.63) is 29.3 Å². The van der Waals surface area contributed by atoms with Gasteiger partial charge >= 0.3 is 6.09 Å². The molecule has 1 aromatic rings. The van der Waals surface area contributed by atoms with Crippen molar-refractivity contribution in [3.63, 3.8) is 0 Å². The highest BCUT2D eigenvalue weighted by molar-refractivity contribution is 5.89. The van der Waals surface area contributed by atoms with E-state index in [-0.39, 0.29) is 11.5 Å². The minimum Gasteiger partial charge on any atom is -0.504 e. The van der Waals surface area contributed by atoms with Gasteiger partial charge in [-0.3, -0.25) is 4.79 Å². The molecule has 0 saturated carbocycles. The van der Waals surface area contributed by atoms with Crippen molar-refractivity contribution in [2.45, 2.75) is 26.4 Å². The normalized spacial score (nSPS) is 14.4. The third-order valence-electron chi connectivity index (χ3n) is 3.39. The average molecular weight is 319 g/mol. The van der Waals surface area contributed by atoms with E-state index in [9.17, 15) is 14.7 Å². The maximum absolute atomic E-state index is 12.1. The molecule has 0 saturated heterocycles. The van der Waals surface area contributed by atoms with E-state index in [1.54, 1.807) is 11.0 Å². The molecule has 1 amide bonds.